The summed E-state index contributed by atoms with van der Waals surface area (Å²) in [6.45, 7) is 1.38. The van der Waals surface area contributed by atoms with Crippen molar-refractivity contribution >= 4 is 17.9 Å². The van der Waals surface area contributed by atoms with Crippen LogP contribution in [0, 0.1) is 11.7 Å². The molecule has 3 heterocycles. The van der Waals surface area contributed by atoms with Crippen LogP contribution in [0.1, 0.15) is 36.8 Å². The maximum absolute atomic E-state index is 15.3. The van der Waals surface area contributed by atoms with Crippen LogP contribution in [0.5, 0.6) is 11.6 Å². The molecule has 1 aliphatic heterocycles. The van der Waals surface area contributed by atoms with Gasteiger partial charge in [0.2, 0.25) is 17.7 Å². The van der Waals surface area contributed by atoms with E-state index in [1.807, 2.05) is 30.3 Å². The van der Waals surface area contributed by atoms with Gasteiger partial charge in [0, 0.05) is 49.6 Å². The van der Waals surface area contributed by atoms with Gasteiger partial charge in [-0.25, -0.2) is 24.1 Å². The third kappa shape index (κ3) is 7.28. The number of nitrogens with one attached hydrogen (secondary N) is 2. The molecule has 2 aromatic heterocycles. The first kappa shape index (κ1) is 29.0. The molecular weight excluding hydrogens is 563 g/mol. The Bertz CT molecular complexity index is 1620. The van der Waals surface area contributed by atoms with Crippen molar-refractivity contribution < 1.29 is 23.5 Å². The molecule has 6 rings (SSSR count). The molecule has 1 aliphatic carbocycles. The maximum atomic E-state index is 15.3. The Morgan fingerprint density at radius 1 is 0.955 bits per heavy atom. The fourth-order valence-electron chi connectivity index (χ4n) is 5.05. The zero-order chi connectivity index (χ0) is 30.3. The minimum atomic E-state index is -0.561. The van der Waals surface area contributed by atoms with Gasteiger partial charge in [0.15, 0.2) is 11.6 Å². The lowest BCUT2D eigenvalue weighted by atomic mass is 10.1. The first-order chi connectivity index (χ1) is 21.5. The molecule has 10 nitrogen and oxygen atoms in total. The fourth-order valence-corrected chi connectivity index (χ4v) is 5.05. The van der Waals surface area contributed by atoms with Crippen LogP contribution in [-0.2, 0) is 22.7 Å². The summed E-state index contributed by atoms with van der Waals surface area (Å²) < 4.78 is 26.8. The van der Waals surface area contributed by atoms with E-state index >= 15 is 4.39 Å². The lowest BCUT2D eigenvalue weighted by Crippen LogP contribution is -2.45. The summed E-state index contributed by atoms with van der Waals surface area (Å²) in [6.07, 6.45) is 6.24. The smallest absolute Gasteiger partial charge is 0.410 e. The number of nitrogens with zero attached hydrogens (tertiary/aromatic N) is 4. The molecule has 1 saturated carbocycles. The number of piperidine rings is 1. The second-order valence-electron chi connectivity index (χ2n) is 10.9. The molecule has 2 aliphatic rings. The van der Waals surface area contributed by atoms with Crippen LogP contribution in [0.25, 0.3) is 11.3 Å². The summed E-state index contributed by atoms with van der Waals surface area (Å²) in [7, 11) is 0. The number of likely N-dealkylation sites (tertiary alicyclic amines) is 1. The minimum absolute atomic E-state index is 0.00280. The molecule has 44 heavy (non-hydrogen) atoms. The molecular formula is C33H33FN6O4. The van der Waals surface area contributed by atoms with Gasteiger partial charge in [0.05, 0.1) is 11.3 Å². The standard InChI is InChI=1S/C33H33FN6O4/c34-29-24(19-37-30(41)23-13-14-23)9-4-12-28(29)44-31-26(11-5-16-35-31)27-15-17-36-32(39-27)38-25-10-6-18-40(20-25)33(42)43-21-22-7-2-1-3-8-22/h1-5,7-9,11-12,15-17,23,25H,6,10,13-14,18-21H2,(H,37,41)(H,36,38,39)/t25-/m0/s1. The molecule has 1 atom stereocenters. The average molecular weight is 597 g/mol. The number of carbonyl (C=O) groups excluding carboxylic acids is 2. The second-order valence-corrected chi connectivity index (χ2v) is 10.9. The van der Waals surface area contributed by atoms with E-state index in [1.165, 1.54) is 6.07 Å². The highest BCUT2D eigenvalue weighted by atomic mass is 19.1. The van der Waals surface area contributed by atoms with Gasteiger partial charge in [-0.15, -0.1) is 0 Å². The van der Waals surface area contributed by atoms with Crippen molar-refractivity contribution in [2.24, 2.45) is 5.92 Å². The van der Waals surface area contributed by atoms with E-state index in [9.17, 15) is 9.59 Å². The van der Waals surface area contributed by atoms with Gasteiger partial charge < -0.3 is 25.0 Å². The summed E-state index contributed by atoms with van der Waals surface area (Å²) in [5.41, 5.74) is 2.35. The van der Waals surface area contributed by atoms with Gasteiger partial charge in [-0.3, -0.25) is 4.79 Å². The second kappa shape index (κ2) is 13.5. The third-order valence-electron chi connectivity index (χ3n) is 7.57. The van der Waals surface area contributed by atoms with Gasteiger partial charge in [0.25, 0.3) is 0 Å². The van der Waals surface area contributed by atoms with Crippen LogP contribution in [-0.4, -0.2) is 51.0 Å². The van der Waals surface area contributed by atoms with E-state index in [0.29, 0.717) is 35.9 Å². The molecule has 2 amide bonds. The van der Waals surface area contributed by atoms with E-state index in [-0.39, 0.29) is 48.7 Å². The lowest BCUT2D eigenvalue weighted by Gasteiger charge is -2.32. The van der Waals surface area contributed by atoms with Crippen molar-refractivity contribution in [3.05, 3.63) is 96.1 Å². The van der Waals surface area contributed by atoms with E-state index in [0.717, 1.165) is 31.2 Å². The van der Waals surface area contributed by atoms with Gasteiger partial charge in [-0.05, 0) is 55.5 Å². The number of hydrogen-bond acceptors (Lipinski definition) is 8. The average Bonchev–Trinajstić information content (AvgIpc) is 3.91. The highest BCUT2D eigenvalue weighted by Crippen LogP contribution is 2.33. The summed E-state index contributed by atoms with van der Waals surface area (Å²) >= 11 is 0. The van der Waals surface area contributed by atoms with Gasteiger partial charge in [-0.2, -0.15) is 0 Å². The topological polar surface area (TPSA) is 119 Å². The molecule has 0 radical (unpaired) electrons. The Balaban J connectivity index is 1.11. The molecule has 2 N–H and O–H groups in total. The Morgan fingerprint density at radius 3 is 2.66 bits per heavy atom. The van der Waals surface area contributed by atoms with Crippen molar-refractivity contribution in [3.63, 3.8) is 0 Å². The normalized spacial score (nSPS) is 16.2. The van der Waals surface area contributed by atoms with Crippen LogP contribution >= 0.6 is 0 Å². The zero-order valence-corrected chi connectivity index (χ0v) is 24.1. The minimum Gasteiger partial charge on any atom is -0.445 e. The number of benzene rings is 2. The predicted octanol–water partition coefficient (Wildman–Crippen LogP) is 5.71. The molecule has 4 aromatic rings. The first-order valence-corrected chi connectivity index (χ1v) is 14.8. The molecule has 2 fully saturated rings. The number of pyridine rings is 1. The molecule has 0 spiro atoms. The third-order valence-corrected chi connectivity index (χ3v) is 7.57. The van der Waals surface area contributed by atoms with Crippen molar-refractivity contribution in [2.45, 2.75) is 44.9 Å². The predicted molar refractivity (Wildman–Crippen MR) is 161 cm³/mol. The Hall–Kier alpha value is -5.06. The number of rotatable bonds is 10. The van der Waals surface area contributed by atoms with Crippen molar-refractivity contribution in [3.8, 4) is 22.9 Å². The largest absolute Gasteiger partial charge is 0.445 e. The number of ether oxygens (including phenoxy) is 2. The summed E-state index contributed by atoms with van der Waals surface area (Å²) in [4.78, 5) is 39.8. The van der Waals surface area contributed by atoms with Crippen molar-refractivity contribution in [1.82, 2.24) is 25.2 Å². The quantitative estimate of drug-likeness (QED) is 0.239. The van der Waals surface area contributed by atoms with Crippen LogP contribution in [0.15, 0.2) is 79.1 Å². The molecule has 2 aromatic carbocycles. The highest BCUT2D eigenvalue weighted by Gasteiger charge is 2.29. The number of aromatic nitrogens is 3. The molecule has 0 bridgehead atoms. The summed E-state index contributed by atoms with van der Waals surface area (Å²) in [6, 6.07) is 19.6. The zero-order valence-electron chi connectivity index (χ0n) is 24.1. The van der Waals surface area contributed by atoms with Crippen molar-refractivity contribution in [2.75, 3.05) is 18.4 Å². The maximum Gasteiger partial charge on any atom is 0.410 e. The summed E-state index contributed by atoms with van der Waals surface area (Å²) in [5, 5.41) is 6.13. The van der Waals surface area contributed by atoms with Gasteiger partial charge >= 0.3 is 6.09 Å². The van der Waals surface area contributed by atoms with Crippen LogP contribution in [0.2, 0.25) is 0 Å². The fraction of sp³-hybridized carbons (Fsp3) is 0.303. The summed E-state index contributed by atoms with van der Waals surface area (Å²) in [5.74, 6) is -0.00731. The number of anilines is 1. The molecule has 1 saturated heterocycles. The molecule has 11 heteroatoms. The van der Waals surface area contributed by atoms with E-state index in [4.69, 9.17) is 9.47 Å². The van der Waals surface area contributed by atoms with Gasteiger partial charge in [0.1, 0.15) is 6.61 Å². The van der Waals surface area contributed by atoms with Crippen LogP contribution in [0.3, 0.4) is 0 Å². The number of halogens is 1. The van der Waals surface area contributed by atoms with Crippen LogP contribution < -0.4 is 15.4 Å². The molecule has 226 valence electrons. The number of amides is 2. The van der Waals surface area contributed by atoms with Crippen molar-refractivity contribution in [1.29, 1.82) is 0 Å². The first-order valence-electron chi connectivity index (χ1n) is 14.8. The Morgan fingerprint density at radius 2 is 1.82 bits per heavy atom. The Kier molecular flexibility index (Phi) is 8.90. The van der Waals surface area contributed by atoms with E-state index in [2.05, 4.69) is 25.6 Å². The van der Waals surface area contributed by atoms with Gasteiger partial charge in [-0.1, -0.05) is 42.5 Å². The monoisotopic (exact) mass is 596 g/mol. The van der Waals surface area contributed by atoms with Crippen LogP contribution in [0.4, 0.5) is 15.1 Å². The van der Waals surface area contributed by atoms with E-state index in [1.54, 1.807) is 47.6 Å². The number of carbonyl (C=O) groups is 2. The number of hydrogen-bond donors (Lipinski definition) is 2. The molecule has 0 unspecified atom stereocenters. The lowest BCUT2D eigenvalue weighted by molar-refractivity contribution is -0.122. The highest BCUT2D eigenvalue weighted by molar-refractivity contribution is 5.80. The SMILES string of the molecule is O=C(NCc1cccc(Oc2ncccc2-c2ccnc(N[C@H]3CCCN(C(=O)OCc4ccccc4)C3)n2)c1F)C1CC1. The van der Waals surface area contributed by atoms with E-state index < -0.39 is 5.82 Å². The Labute approximate surface area is 254 Å².